The van der Waals surface area contributed by atoms with Crippen molar-refractivity contribution in [1.29, 1.82) is 0 Å². The lowest BCUT2D eigenvalue weighted by atomic mass is 10.2. The predicted molar refractivity (Wildman–Crippen MR) is 77.8 cm³/mol. The molecule has 0 amide bonds. The fourth-order valence-corrected chi connectivity index (χ4v) is 3.18. The first-order chi connectivity index (χ1) is 10.4. The molecule has 0 atom stereocenters. The van der Waals surface area contributed by atoms with Crippen LogP contribution < -0.4 is 0 Å². The van der Waals surface area contributed by atoms with Gasteiger partial charge in [0.15, 0.2) is 10.8 Å². The van der Waals surface area contributed by atoms with Crippen molar-refractivity contribution in [3.63, 3.8) is 0 Å². The largest absolute Gasteiger partial charge is 0.313 e. The molecule has 0 N–H and O–H groups in total. The van der Waals surface area contributed by atoms with E-state index < -0.39 is 0 Å². The second-order valence-electron chi connectivity index (χ2n) is 5.10. The molecule has 3 aromatic rings. The van der Waals surface area contributed by atoms with E-state index in [0.717, 1.165) is 29.6 Å². The van der Waals surface area contributed by atoms with Crippen LogP contribution in [0, 0.1) is 0 Å². The average molecular weight is 301 g/mol. The average Bonchev–Trinajstić information content (AvgIpc) is 3.19. The van der Waals surface area contributed by atoms with Gasteiger partial charge in [0.05, 0.1) is 0 Å². The highest BCUT2D eigenvalue weighted by molar-refractivity contribution is 7.12. The van der Waals surface area contributed by atoms with Crippen LogP contribution in [0.4, 0.5) is 0 Å². The molecule has 8 heteroatoms. The number of hydrogen-bond acceptors (Lipinski definition) is 6. The summed E-state index contributed by atoms with van der Waals surface area (Å²) >= 11 is 1.54. The first-order valence-electron chi connectivity index (χ1n) is 7.10. The van der Waals surface area contributed by atoms with Crippen molar-refractivity contribution < 1.29 is 0 Å². The van der Waals surface area contributed by atoms with Gasteiger partial charge in [0, 0.05) is 24.5 Å². The Morgan fingerprint density at radius 3 is 3.05 bits per heavy atom. The number of nitrogens with zero attached hydrogens (tertiary/aromatic N) is 7. The van der Waals surface area contributed by atoms with Gasteiger partial charge in [-0.15, -0.1) is 26.6 Å². The molecule has 3 aromatic heterocycles. The summed E-state index contributed by atoms with van der Waals surface area (Å²) in [6.45, 7) is 1.61. The highest BCUT2D eigenvalue weighted by Crippen LogP contribution is 2.18. The first kappa shape index (κ1) is 12.6. The van der Waals surface area contributed by atoms with E-state index in [9.17, 15) is 0 Å². The van der Waals surface area contributed by atoms with Crippen molar-refractivity contribution in [2.24, 2.45) is 0 Å². The lowest BCUT2D eigenvalue weighted by Crippen LogP contribution is -2.10. The van der Waals surface area contributed by atoms with Gasteiger partial charge < -0.3 is 4.57 Å². The molecule has 0 aromatic carbocycles. The Balaban J connectivity index is 1.58. The summed E-state index contributed by atoms with van der Waals surface area (Å²) < 4.78 is 4.04. The van der Waals surface area contributed by atoms with Crippen LogP contribution >= 0.6 is 11.3 Å². The highest BCUT2D eigenvalue weighted by Gasteiger charge is 2.15. The van der Waals surface area contributed by atoms with Gasteiger partial charge in [0.1, 0.15) is 18.7 Å². The summed E-state index contributed by atoms with van der Waals surface area (Å²) in [6.07, 6.45) is 8.18. The van der Waals surface area contributed by atoms with Gasteiger partial charge in [-0.3, -0.25) is 0 Å². The quantitative estimate of drug-likeness (QED) is 0.737. The maximum absolute atomic E-state index is 4.47. The summed E-state index contributed by atoms with van der Waals surface area (Å²) in [5, 5.41) is 15.9. The summed E-state index contributed by atoms with van der Waals surface area (Å²) in [7, 11) is 0. The molecule has 1 aliphatic heterocycles. The SMILES string of the molecule is c1csc(-c2ncn(Cc3nnc4n3CCCCC4)n2)n1. The highest BCUT2D eigenvalue weighted by atomic mass is 32.1. The normalized spacial score (nSPS) is 14.9. The Kier molecular flexibility index (Phi) is 3.23. The van der Waals surface area contributed by atoms with E-state index in [1.807, 2.05) is 5.38 Å². The molecule has 0 spiro atoms. The molecular weight excluding hydrogens is 286 g/mol. The van der Waals surface area contributed by atoms with E-state index in [-0.39, 0.29) is 0 Å². The van der Waals surface area contributed by atoms with Gasteiger partial charge in [-0.1, -0.05) is 6.42 Å². The monoisotopic (exact) mass is 301 g/mol. The third-order valence-electron chi connectivity index (χ3n) is 3.65. The zero-order valence-electron chi connectivity index (χ0n) is 11.5. The zero-order chi connectivity index (χ0) is 14.1. The molecular formula is C13H15N7S. The number of aryl methyl sites for hydroxylation is 1. The summed E-state index contributed by atoms with van der Waals surface area (Å²) in [5.74, 6) is 2.73. The molecule has 0 saturated carbocycles. The van der Waals surface area contributed by atoms with Gasteiger partial charge in [-0.2, -0.15) is 0 Å². The third kappa shape index (κ3) is 2.46. The molecule has 1 aliphatic rings. The smallest absolute Gasteiger partial charge is 0.210 e. The van der Waals surface area contributed by atoms with E-state index in [1.165, 1.54) is 19.3 Å². The van der Waals surface area contributed by atoms with E-state index in [0.29, 0.717) is 12.4 Å². The van der Waals surface area contributed by atoms with Gasteiger partial charge in [0.2, 0.25) is 5.82 Å². The second-order valence-corrected chi connectivity index (χ2v) is 5.99. The number of fused-ring (bicyclic) bond motifs is 1. The van der Waals surface area contributed by atoms with Crippen LogP contribution in [0.15, 0.2) is 17.9 Å². The van der Waals surface area contributed by atoms with Crippen molar-refractivity contribution in [3.8, 4) is 10.8 Å². The molecule has 108 valence electrons. The van der Waals surface area contributed by atoms with Crippen molar-refractivity contribution in [1.82, 2.24) is 34.5 Å². The zero-order valence-corrected chi connectivity index (χ0v) is 12.3. The van der Waals surface area contributed by atoms with Gasteiger partial charge in [-0.05, 0) is 12.8 Å². The van der Waals surface area contributed by atoms with Crippen LogP contribution in [-0.4, -0.2) is 34.5 Å². The molecule has 0 saturated heterocycles. The minimum Gasteiger partial charge on any atom is -0.313 e. The van der Waals surface area contributed by atoms with E-state index >= 15 is 0 Å². The van der Waals surface area contributed by atoms with Crippen LogP contribution in [0.25, 0.3) is 10.8 Å². The van der Waals surface area contributed by atoms with Gasteiger partial charge in [0.25, 0.3) is 0 Å². The Bertz CT molecular complexity index is 728. The Labute approximate surface area is 125 Å². The number of rotatable bonds is 3. The molecule has 0 fully saturated rings. The topological polar surface area (TPSA) is 74.3 Å². The Morgan fingerprint density at radius 1 is 1.14 bits per heavy atom. The molecule has 0 unspecified atom stereocenters. The minimum absolute atomic E-state index is 0.603. The van der Waals surface area contributed by atoms with Crippen molar-refractivity contribution >= 4 is 11.3 Å². The van der Waals surface area contributed by atoms with Crippen LogP contribution in [0.3, 0.4) is 0 Å². The molecule has 4 heterocycles. The summed E-state index contributed by atoms with van der Waals surface area (Å²) in [5.41, 5.74) is 0. The molecule has 0 bridgehead atoms. The number of aromatic nitrogens is 7. The molecule has 4 rings (SSSR count). The number of thiazole rings is 1. The van der Waals surface area contributed by atoms with E-state index in [2.05, 4.69) is 29.8 Å². The van der Waals surface area contributed by atoms with Gasteiger partial charge >= 0.3 is 0 Å². The molecule has 0 aliphatic carbocycles. The molecule has 21 heavy (non-hydrogen) atoms. The summed E-state index contributed by atoms with van der Waals surface area (Å²) in [4.78, 5) is 8.54. The predicted octanol–water partition coefficient (Wildman–Crippen LogP) is 1.77. The standard InChI is InChI=1S/C13H15N7S/c1-2-4-10-16-17-11(20(10)6-3-1)8-19-9-15-12(18-19)13-14-5-7-21-13/h5,7,9H,1-4,6,8H2. The minimum atomic E-state index is 0.603. The lowest BCUT2D eigenvalue weighted by molar-refractivity contribution is 0.568. The first-order valence-corrected chi connectivity index (χ1v) is 7.98. The maximum Gasteiger partial charge on any atom is 0.210 e. The van der Waals surface area contributed by atoms with E-state index in [1.54, 1.807) is 28.5 Å². The number of hydrogen-bond donors (Lipinski definition) is 0. The molecule has 0 radical (unpaired) electrons. The van der Waals surface area contributed by atoms with Crippen LogP contribution in [-0.2, 0) is 19.5 Å². The van der Waals surface area contributed by atoms with Crippen molar-refractivity contribution in [2.75, 3.05) is 0 Å². The van der Waals surface area contributed by atoms with Crippen LogP contribution in [0.2, 0.25) is 0 Å². The summed E-state index contributed by atoms with van der Waals surface area (Å²) in [6, 6.07) is 0. The Morgan fingerprint density at radius 2 is 2.14 bits per heavy atom. The van der Waals surface area contributed by atoms with Crippen molar-refractivity contribution in [3.05, 3.63) is 29.6 Å². The fraction of sp³-hybridized carbons (Fsp3) is 0.462. The maximum atomic E-state index is 4.47. The van der Waals surface area contributed by atoms with Crippen molar-refractivity contribution in [2.45, 2.75) is 38.8 Å². The van der Waals surface area contributed by atoms with Gasteiger partial charge in [-0.25, -0.2) is 14.6 Å². The lowest BCUT2D eigenvalue weighted by Gasteiger charge is -2.06. The molecule has 7 nitrogen and oxygen atoms in total. The fourth-order valence-electron chi connectivity index (χ4n) is 2.61. The van der Waals surface area contributed by atoms with E-state index in [4.69, 9.17) is 0 Å². The second kappa shape index (κ2) is 5.36. The third-order valence-corrected chi connectivity index (χ3v) is 4.42. The Hall–Kier alpha value is -2.09. The van der Waals surface area contributed by atoms with Crippen LogP contribution in [0.5, 0.6) is 0 Å². The van der Waals surface area contributed by atoms with Crippen LogP contribution in [0.1, 0.15) is 30.9 Å².